The summed E-state index contributed by atoms with van der Waals surface area (Å²) in [6.45, 7) is 0. The summed E-state index contributed by atoms with van der Waals surface area (Å²) in [6, 6.07) is 5.37. The van der Waals surface area contributed by atoms with Crippen molar-refractivity contribution in [1.29, 1.82) is 0 Å². The number of aliphatic carboxylic acids is 1. The Bertz CT molecular complexity index is 330. The van der Waals surface area contributed by atoms with Gasteiger partial charge in [-0.25, -0.2) is 0 Å². The van der Waals surface area contributed by atoms with E-state index in [4.69, 9.17) is 10.8 Å². The maximum absolute atomic E-state index is 10.3. The lowest BCUT2D eigenvalue weighted by Gasteiger charge is -2.03. The molecular weight excluding hydrogens is 254 g/mol. The Morgan fingerprint density at radius 2 is 2.31 bits per heavy atom. The van der Waals surface area contributed by atoms with E-state index in [-0.39, 0.29) is 5.75 Å². The number of rotatable bonds is 3. The van der Waals surface area contributed by atoms with Gasteiger partial charge in [0.15, 0.2) is 0 Å². The minimum absolute atomic E-state index is 0.0284. The second-order valence-electron chi connectivity index (χ2n) is 2.36. The topological polar surface area (TPSA) is 63.3 Å². The van der Waals surface area contributed by atoms with Crippen molar-refractivity contribution < 1.29 is 9.90 Å². The van der Waals surface area contributed by atoms with Crippen molar-refractivity contribution in [3.8, 4) is 0 Å². The number of anilines is 1. The third kappa shape index (κ3) is 3.28. The van der Waals surface area contributed by atoms with Gasteiger partial charge in [-0.05, 0) is 18.2 Å². The lowest BCUT2D eigenvalue weighted by Crippen LogP contribution is -1.98. The molecule has 1 rings (SSSR count). The van der Waals surface area contributed by atoms with Crippen molar-refractivity contribution in [1.82, 2.24) is 0 Å². The lowest BCUT2D eigenvalue weighted by molar-refractivity contribution is -0.133. The molecule has 1 aromatic rings. The molecule has 0 bridgehead atoms. The first-order valence-corrected chi connectivity index (χ1v) is 5.27. The van der Waals surface area contributed by atoms with Crippen LogP contribution < -0.4 is 5.73 Å². The molecule has 1 aromatic carbocycles. The molecule has 0 aliphatic carbocycles. The van der Waals surface area contributed by atoms with Crippen molar-refractivity contribution in [3.05, 3.63) is 22.7 Å². The van der Waals surface area contributed by atoms with E-state index in [0.717, 1.165) is 9.37 Å². The van der Waals surface area contributed by atoms with Crippen molar-refractivity contribution >= 4 is 39.3 Å². The van der Waals surface area contributed by atoms with Gasteiger partial charge in [-0.1, -0.05) is 15.9 Å². The molecule has 0 aliphatic heterocycles. The Hall–Kier alpha value is -0.680. The summed E-state index contributed by atoms with van der Waals surface area (Å²) >= 11 is 4.50. The molecule has 0 unspecified atom stereocenters. The van der Waals surface area contributed by atoms with Gasteiger partial charge in [0.05, 0.1) is 5.75 Å². The van der Waals surface area contributed by atoms with Crippen LogP contribution in [0.15, 0.2) is 27.6 Å². The van der Waals surface area contributed by atoms with Crippen LogP contribution in [0.1, 0.15) is 0 Å². The quantitative estimate of drug-likeness (QED) is 0.647. The number of benzene rings is 1. The molecule has 0 fully saturated rings. The minimum atomic E-state index is -0.843. The smallest absolute Gasteiger partial charge is 0.313 e. The summed E-state index contributed by atoms with van der Waals surface area (Å²) in [5.74, 6) is -0.815. The van der Waals surface area contributed by atoms with Crippen LogP contribution in [0.4, 0.5) is 5.69 Å². The van der Waals surface area contributed by atoms with Gasteiger partial charge in [-0.15, -0.1) is 11.8 Å². The maximum Gasteiger partial charge on any atom is 0.313 e. The average molecular weight is 262 g/mol. The van der Waals surface area contributed by atoms with Gasteiger partial charge >= 0.3 is 5.97 Å². The molecular formula is C8H8BrNO2S. The number of carbonyl (C=O) groups is 1. The zero-order chi connectivity index (χ0) is 9.84. The molecule has 0 aromatic heterocycles. The van der Waals surface area contributed by atoms with Gasteiger partial charge in [-0.2, -0.15) is 0 Å². The van der Waals surface area contributed by atoms with E-state index in [9.17, 15) is 4.79 Å². The number of nitrogen functional groups attached to an aromatic ring is 1. The molecule has 0 amide bonds. The zero-order valence-corrected chi connectivity index (χ0v) is 9.06. The molecule has 0 aliphatic rings. The first-order valence-electron chi connectivity index (χ1n) is 3.49. The monoisotopic (exact) mass is 261 g/mol. The standard InChI is InChI=1S/C8H8BrNO2S/c9-5-1-2-6(10)7(3-5)13-4-8(11)12/h1-3H,4,10H2,(H,11,12). The predicted octanol–water partition coefficient (Wildman–Crippen LogP) is 2.21. The van der Waals surface area contributed by atoms with Gasteiger partial charge in [0, 0.05) is 15.1 Å². The third-order valence-corrected chi connectivity index (χ3v) is 2.88. The molecule has 0 spiro atoms. The molecule has 0 radical (unpaired) electrons. The van der Waals surface area contributed by atoms with Crippen LogP contribution in [0.3, 0.4) is 0 Å². The Morgan fingerprint density at radius 1 is 1.62 bits per heavy atom. The SMILES string of the molecule is Nc1ccc(Br)cc1SCC(=O)O. The number of carboxylic acid groups (broad SMARTS) is 1. The molecule has 13 heavy (non-hydrogen) atoms. The van der Waals surface area contributed by atoms with Crippen LogP contribution in [0.5, 0.6) is 0 Å². The summed E-state index contributed by atoms with van der Waals surface area (Å²) in [5, 5.41) is 8.46. The predicted molar refractivity (Wildman–Crippen MR) is 56.9 cm³/mol. The first kappa shape index (κ1) is 10.4. The van der Waals surface area contributed by atoms with Crippen molar-refractivity contribution in [2.75, 3.05) is 11.5 Å². The summed E-state index contributed by atoms with van der Waals surface area (Å²) in [7, 11) is 0. The Balaban J connectivity index is 2.75. The number of halogens is 1. The summed E-state index contributed by atoms with van der Waals surface area (Å²) in [6.07, 6.45) is 0. The Kier molecular flexibility index (Phi) is 3.62. The Labute approximate surface area is 88.4 Å². The second-order valence-corrected chi connectivity index (χ2v) is 4.30. The van der Waals surface area contributed by atoms with E-state index in [2.05, 4.69) is 15.9 Å². The van der Waals surface area contributed by atoms with Crippen LogP contribution in [0, 0.1) is 0 Å². The van der Waals surface area contributed by atoms with E-state index in [1.807, 2.05) is 12.1 Å². The van der Waals surface area contributed by atoms with E-state index < -0.39 is 5.97 Å². The molecule has 0 saturated heterocycles. The highest BCUT2D eigenvalue weighted by Gasteiger charge is 2.03. The summed E-state index contributed by atoms with van der Waals surface area (Å²) in [5.41, 5.74) is 6.25. The van der Waals surface area contributed by atoms with Crippen LogP contribution in [0.25, 0.3) is 0 Å². The average Bonchev–Trinajstić information content (AvgIpc) is 2.06. The molecule has 0 heterocycles. The summed E-state index contributed by atoms with van der Waals surface area (Å²) in [4.78, 5) is 11.1. The molecule has 70 valence electrons. The number of hydrogen-bond acceptors (Lipinski definition) is 3. The fraction of sp³-hybridized carbons (Fsp3) is 0.125. The maximum atomic E-state index is 10.3. The highest BCUT2D eigenvalue weighted by atomic mass is 79.9. The van der Waals surface area contributed by atoms with E-state index in [1.54, 1.807) is 6.07 Å². The summed E-state index contributed by atoms with van der Waals surface area (Å²) < 4.78 is 0.898. The normalized spacial score (nSPS) is 9.92. The lowest BCUT2D eigenvalue weighted by atomic mass is 10.3. The molecule has 0 saturated carbocycles. The van der Waals surface area contributed by atoms with E-state index in [0.29, 0.717) is 5.69 Å². The molecule has 3 nitrogen and oxygen atoms in total. The highest BCUT2D eigenvalue weighted by Crippen LogP contribution is 2.27. The fourth-order valence-corrected chi connectivity index (χ4v) is 2.01. The number of carboxylic acids is 1. The fourth-order valence-electron chi connectivity index (χ4n) is 0.773. The first-order chi connectivity index (χ1) is 6.09. The molecule has 3 N–H and O–H groups in total. The second kappa shape index (κ2) is 4.53. The van der Waals surface area contributed by atoms with E-state index in [1.165, 1.54) is 11.8 Å². The van der Waals surface area contributed by atoms with Crippen LogP contribution >= 0.6 is 27.7 Å². The number of hydrogen-bond donors (Lipinski definition) is 2. The van der Waals surface area contributed by atoms with Crippen molar-refractivity contribution in [3.63, 3.8) is 0 Å². The van der Waals surface area contributed by atoms with Gasteiger partial charge in [0.1, 0.15) is 0 Å². The van der Waals surface area contributed by atoms with Crippen molar-refractivity contribution in [2.45, 2.75) is 4.90 Å². The number of thioether (sulfide) groups is 1. The highest BCUT2D eigenvalue weighted by molar-refractivity contribution is 9.10. The Morgan fingerprint density at radius 3 is 2.92 bits per heavy atom. The number of nitrogens with two attached hydrogens (primary N) is 1. The molecule has 5 heteroatoms. The zero-order valence-electron chi connectivity index (χ0n) is 6.66. The van der Waals surface area contributed by atoms with Gasteiger partial charge < -0.3 is 10.8 Å². The third-order valence-electron chi connectivity index (χ3n) is 1.33. The molecule has 0 atom stereocenters. The van der Waals surface area contributed by atoms with Crippen molar-refractivity contribution in [2.24, 2.45) is 0 Å². The van der Waals surface area contributed by atoms with Gasteiger partial charge in [-0.3, -0.25) is 4.79 Å². The van der Waals surface area contributed by atoms with Gasteiger partial charge in [0.2, 0.25) is 0 Å². The van der Waals surface area contributed by atoms with E-state index >= 15 is 0 Å². The van der Waals surface area contributed by atoms with Crippen LogP contribution in [0.2, 0.25) is 0 Å². The van der Waals surface area contributed by atoms with Crippen LogP contribution in [-0.2, 0) is 4.79 Å². The van der Waals surface area contributed by atoms with Gasteiger partial charge in [0.25, 0.3) is 0 Å². The minimum Gasteiger partial charge on any atom is -0.481 e. The van der Waals surface area contributed by atoms with Crippen LogP contribution in [-0.4, -0.2) is 16.8 Å². The largest absolute Gasteiger partial charge is 0.481 e.